The Bertz CT molecular complexity index is 658. The summed E-state index contributed by atoms with van der Waals surface area (Å²) in [6.45, 7) is 0.159. The molecule has 0 unspecified atom stereocenters. The topological polar surface area (TPSA) is 81.9 Å². The predicted molar refractivity (Wildman–Crippen MR) is 74.0 cm³/mol. The molecule has 0 aliphatic carbocycles. The second-order valence-electron chi connectivity index (χ2n) is 4.72. The van der Waals surface area contributed by atoms with E-state index in [1.165, 1.54) is 11.0 Å². The number of tetrazole rings is 1. The van der Waals surface area contributed by atoms with Gasteiger partial charge in [-0.05, 0) is 41.1 Å². The summed E-state index contributed by atoms with van der Waals surface area (Å²) in [5.41, 5.74) is 2.10. The molecule has 10 heteroatoms. The molecule has 23 heavy (non-hydrogen) atoms. The normalized spacial score (nSPS) is 11.5. The van der Waals surface area contributed by atoms with E-state index in [-0.39, 0.29) is 13.0 Å². The van der Waals surface area contributed by atoms with Crippen molar-refractivity contribution in [2.45, 2.75) is 19.5 Å². The number of carbonyl (C=O) groups excluding carboxylic acids is 1. The van der Waals surface area contributed by atoms with E-state index in [4.69, 9.17) is 0 Å². The van der Waals surface area contributed by atoms with Crippen molar-refractivity contribution < 1.29 is 22.7 Å². The predicted octanol–water partition coefficient (Wildman–Crippen LogP) is 1.88. The molecule has 1 N–H and O–H groups in total. The summed E-state index contributed by atoms with van der Waals surface area (Å²) < 4.78 is 41.5. The van der Waals surface area contributed by atoms with Crippen molar-refractivity contribution in [3.63, 3.8) is 0 Å². The second-order valence-corrected chi connectivity index (χ2v) is 4.72. The van der Waals surface area contributed by atoms with Crippen LogP contribution in [0.15, 0.2) is 24.5 Å². The van der Waals surface area contributed by atoms with E-state index in [9.17, 15) is 18.0 Å². The lowest BCUT2D eigenvalue weighted by molar-refractivity contribution is -0.174. The quantitative estimate of drug-likeness (QED) is 0.818. The highest BCUT2D eigenvalue weighted by Gasteiger charge is 2.27. The molecule has 1 aromatic heterocycles. The minimum Gasteiger partial charge on any atom is -0.372 e. The highest BCUT2D eigenvalue weighted by molar-refractivity contribution is 5.91. The smallest absolute Gasteiger partial charge is 0.372 e. The van der Waals surface area contributed by atoms with E-state index in [0.717, 1.165) is 11.3 Å². The van der Waals surface area contributed by atoms with Gasteiger partial charge in [0, 0.05) is 5.69 Å². The van der Waals surface area contributed by atoms with Gasteiger partial charge in [0.1, 0.15) is 12.9 Å². The number of benzene rings is 1. The average molecular weight is 329 g/mol. The lowest BCUT2D eigenvalue weighted by atomic mass is 10.1. The lowest BCUT2D eigenvalue weighted by Crippen LogP contribution is -2.20. The Morgan fingerprint density at radius 3 is 2.78 bits per heavy atom. The first-order valence-electron chi connectivity index (χ1n) is 6.63. The molecule has 0 aliphatic rings. The van der Waals surface area contributed by atoms with Crippen molar-refractivity contribution in [1.82, 2.24) is 20.2 Å². The minimum absolute atomic E-state index is 0.163. The van der Waals surface area contributed by atoms with E-state index >= 15 is 0 Å². The summed E-state index contributed by atoms with van der Waals surface area (Å²) in [6.07, 6.45) is -3.11. The van der Waals surface area contributed by atoms with Crippen LogP contribution in [0.5, 0.6) is 0 Å². The number of ether oxygens (including phenoxy) is 1. The largest absolute Gasteiger partial charge is 0.411 e. The van der Waals surface area contributed by atoms with E-state index in [0.29, 0.717) is 5.69 Å². The third-order valence-electron chi connectivity index (χ3n) is 2.82. The van der Waals surface area contributed by atoms with Crippen LogP contribution < -0.4 is 5.32 Å². The molecule has 0 saturated heterocycles. The van der Waals surface area contributed by atoms with Gasteiger partial charge in [0.25, 0.3) is 0 Å². The van der Waals surface area contributed by atoms with Crippen molar-refractivity contribution in [1.29, 1.82) is 0 Å². The molecular formula is C13H14F3N5O2. The van der Waals surface area contributed by atoms with E-state index in [1.54, 1.807) is 18.2 Å². The zero-order valence-corrected chi connectivity index (χ0v) is 12.2. The fourth-order valence-corrected chi connectivity index (χ4v) is 1.84. The number of rotatable bonds is 6. The number of aryl methyl sites for hydroxylation is 1. The second kappa shape index (κ2) is 7.18. The average Bonchev–Trinajstić information content (AvgIpc) is 2.97. The number of nitrogens with one attached hydrogen (secondary N) is 1. The minimum atomic E-state index is -4.39. The Balaban J connectivity index is 1.86. The third kappa shape index (κ3) is 5.33. The van der Waals surface area contributed by atoms with Crippen LogP contribution in [0.3, 0.4) is 0 Å². The number of hydrogen-bond acceptors (Lipinski definition) is 5. The number of alkyl halides is 3. The Kier molecular flexibility index (Phi) is 5.27. The van der Waals surface area contributed by atoms with Gasteiger partial charge in [-0.3, -0.25) is 4.79 Å². The van der Waals surface area contributed by atoms with Crippen LogP contribution in [0.2, 0.25) is 0 Å². The van der Waals surface area contributed by atoms with Gasteiger partial charge in [0.05, 0.1) is 18.7 Å². The van der Waals surface area contributed by atoms with Crippen molar-refractivity contribution in [2.75, 3.05) is 18.5 Å². The summed E-state index contributed by atoms with van der Waals surface area (Å²) in [6, 6.07) is 5.09. The van der Waals surface area contributed by atoms with Gasteiger partial charge in [0.2, 0.25) is 5.91 Å². The Labute approximate surface area is 129 Å². The van der Waals surface area contributed by atoms with Crippen LogP contribution in [0.25, 0.3) is 5.69 Å². The van der Waals surface area contributed by atoms with Crippen LogP contribution in [-0.2, 0) is 9.53 Å². The molecule has 0 radical (unpaired) electrons. The SMILES string of the molecule is Cc1cc(NC(=O)CCOCC(F)(F)F)ccc1-n1cnnn1. The molecular weight excluding hydrogens is 315 g/mol. The molecule has 7 nitrogen and oxygen atoms in total. The first kappa shape index (κ1) is 16.9. The van der Waals surface area contributed by atoms with Gasteiger partial charge in [-0.1, -0.05) is 0 Å². The molecule has 0 aliphatic heterocycles. The van der Waals surface area contributed by atoms with Crippen molar-refractivity contribution in [2.24, 2.45) is 0 Å². The van der Waals surface area contributed by atoms with Crippen molar-refractivity contribution in [3.8, 4) is 5.69 Å². The zero-order valence-electron chi connectivity index (χ0n) is 12.2. The Morgan fingerprint density at radius 2 is 2.17 bits per heavy atom. The van der Waals surface area contributed by atoms with Gasteiger partial charge in [-0.2, -0.15) is 13.2 Å². The first-order chi connectivity index (χ1) is 10.8. The van der Waals surface area contributed by atoms with E-state index in [2.05, 4.69) is 25.6 Å². The number of amides is 1. The maximum absolute atomic E-state index is 11.9. The summed E-state index contributed by atoms with van der Waals surface area (Å²) in [5.74, 6) is -0.429. The molecule has 1 amide bonds. The lowest BCUT2D eigenvalue weighted by Gasteiger charge is -2.10. The fraction of sp³-hybridized carbons (Fsp3) is 0.385. The molecule has 124 valence electrons. The highest BCUT2D eigenvalue weighted by Crippen LogP contribution is 2.18. The fourth-order valence-electron chi connectivity index (χ4n) is 1.84. The van der Waals surface area contributed by atoms with Crippen LogP contribution in [0, 0.1) is 6.92 Å². The summed E-state index contributed by atoms with van der Waals surface area (Å²) >= 11 is 0. The highest BCUT2D eigenvalue weighted by atomic mass is 19.4. The number of hydrogen-bond donors (Lipinski definition) is 1. The maximum atomic E-state index is 11.9. The van der Waals surface area contributed by atoms with Crippen LogP contribution in [0.1, 0.15) is 12.0 Å². The van der Waals surface area contributed by atoms with Crippen molar-refractivity contribution in [3.05, 3.63) is 30.1 Å². The van der Waals surface area contributed by atoms with E-state index < -0.39 is 18.7 Å². The van der Waals surface area contributed by atoms with Gasteiger partial charge in [0.15, 0.2) is 0 Å². The van der Waals surface area contributed by atoms with Crippen LogP contribution in [-0.4, -0.2) is 45.5 Å². The molecule has 0 bridgehead atoms. The summed E-state index contributed by atoms with van der Waals surface area (Å²) in [4.78, 5) is 11.7. The maximum Gasteiger partial charge on any atom is 0.411 e. The molecule has 2 aromatic rings. The Morgan fingerprint density at radius 1 is 1.39 bits per heavy atom. The van der Waals surface area contributed by atoms with Gasteiger partial charge >= 0.3 is 6.18 Å². The summed E-state index contributed by atoms with van der Waals surface area (Å²) in [5, 5.41) is 13.4. The van der Waals surface area contributed by atoms with Crippen LogP contribution in [0.4, 0.5) is 18.9 Å². The molecule has 0 saturated carbocycles. The number of nitrogens with zero attached hydrogens (tertiary/aromatic N) is 4. The molecule has 0 atom stereocenters. The molecule has 0 spiro atoms. The molecule has 1 heterocycles. The van der Waals surface area contributed by atoms with Gasteiger partial charge in [-0.15, -0.1) is 5.10 Å². The Hall–Kier alpha value is -2.49. The molecule has 0 fully saturated rings. The molecule has 2 rings (SSSR count). The van der Waals surface area contributed by atoms with Gasteiger partial charge < -0.3 is 10.1 Å². The van der Waals surface area contributed by atoms with E-state index in [1.807, 2.05) is 6.92 Å². The molecule has 1 aromatic carbocycles. The van der Waals surface area contributed by atoms with Crippen LogP contribution >= 0.6 is 0 Å². The number of carbonyl (C=O) groups is 1. The number of anilines is 1. The standard InChI is InChI=1S/C13H14F3N5O2/c1-9-6-10(2-3-11(9)21-8-17-19-20-21)18-12(22)4-5-23-7-13(14,15)16/h2-3,6,8H,4-5,7H2,1H3,(H,18,22). The summed E-state index contributed by atoms with van der Waals surface area (Å²) in [7, 11) is 0. The number of halogens is 3. The number of aromatic nitrogens is 4. The monoisotopic (exact) mass is 329 g/mol. The first-order valence-corrected chi connectivity index (χ1v) is 6.63. The third-order valence-corrected chi connectivity index (χ3v) is 2.82. The van der Waals surface area contributed by atoms with Gasteiger partial charge in [-0.25, -0.2) is 4.68 Å². The van der Waals surface area contributed by atoms with Crippen molar-refractivity contribution >= 4 is 11.6 Å². The zero-order chi connectivity index (χ0) is 16.9.